The monoisotopic (exact) mass is 542 g/mol. The molecule has 0 aromatic heterocycles. The molecule has 33 heavy (non-hydrogen) atoms. The Balaban J connectivity index is 1.63. The summed E-state index contributed by atoms with van der Waals surface area (Å²) in [6.45, 7) is 4.43. The molecule has 0 spiro atoms. The Morgan fingerprint density at radius 1 is 0.545 bits per heavy atom. The van der Waals surface area contributed by atoms with Crippen molar-refractivity contribution in [2.24, 2.45) is 0 Å². The van der Waals surface area contributed by atoms with Gasteiger partial charge in [0.2, 0.25) is 0 Å². The molecule has 4 rings (SSSR count). The first kappa shape index (κ1) is 25.8. The first-order valence-corrected chi connectivity index (χ1v) is 20.9. The van der Waals surface area contributed by atoms with Crippen molar-refractivity contribution in [3.8, 4) is 0 Å². The van der Waals surface area contributed by atoms with Gasteiger partial charge in [0, 0.05) is 0 Å². The fourth-order valence-corrected chi connectivity index (χ4v) is 30.0. The number of aryl methyl sites for hydroxylation is 2. The summed E-state index contributed by atoms with van der Waals surface area (Å²) < 4.78 is 5.12. The third-order valence-electron chi connectivity index (χ3n) is 8.39. The van der Waals surface area contributed by atoms with Crippen LogP contribution in [0.25, 0.3) is 0 Å². The molecule has 0 radical (unpaired) electrons. The molecule has 0 heterocycles. The average Bonchev–Trinajstić information content (AvgIpc) is 3.28. The number of hydrogen-bond donors (Lipinski definition) is 0. The number of rotatable bonds is 8. The second kappa shape index (κ2) is 13.1. The molecule has 0 unspecified atom stereocenters. The van der Waals surface area contributed by atoms with Crippen LogP contribution in [-0.2, 0) is 0 Å². The van der Waals surface area contributed by atoms with E-state index in [0.29, 0.717) is 0 Å². The number of hydrogen-bond acceptors (Lipinski definition) is 2. The molecular weight excluding hydrogens is 497 g/mol. The van der Waals surface area contributed by atoms with E-state index in [1.165, 1.54) is 81.5 Å². The van der Waals surface area contributed by atoms with E-state index in [-0.39, 0.29) is 0 Å². The Labute approximate surface area is 214 Å². The van der Waals surface area contributed by atoms with Crippen LogP contribution in [-0.4, -0.2) is 22.4 Å². The molecule has 0 nitrogen and oxygen atoms in total. The molecule has 2 aliphatic rings. The zero-order chi connectivity index (χ0) is 22.9. The molecule has 0 atom stereocenters. The molecular formula is C30H44GeS2. The van der Waals surface area contributed by atoms with Gasteiger partial charge in [0.15, 0.2) is 0 Å². The molecule has 0 amide bonds. The van der Waals surface area contributed by atoms with Gasteiger partial charge in [-0.05, 0) is 0 Å². The normalized spacial score (nSPS) is 19.2. The third kappa shape index (κ3) is 7.34. The maximum absolute atomic E-state index is 2.39. The van der Waals surface area contributed by atoms with E-state index < -0.39 is 13.3 Å². The summed E-state index contributed by atoms with van der Waals surface area (Å²) in [7, 11) is 0. The quantitative estimate of drug-likeness (QED) is 0.185. The van der Waals surface area contributed by atoms with Gasteiger partial charge in [0.25, 0.3) is 0 Å². The van der Waals surface area contributed by atoms with Gasteiger partial charge in [-0.25, -0.2) is 0 Å². The molecule has 0 bridgehead atoms. The third-order valence-corrected chi connectivity index (χ3v) is 28.8. The van der Waals surface area contributed by atoms with Crippen LogP contribution >= 0.6 is 23.5 Å². The van der Waals surface area contributed by atoms with E-state index in [2.05, 4.69) is 85.9 Å². The summed E-state index contributed by atoms with van der Waals surface area (Å²) in [6.07, 6.45) is 18.1. The van der Waals surface area contributed by atoms with Gasteiger partial charge in [-0.2, -0.15) is 0 Å². The van der Waals surface area contributed by atoms with Crippen molar-refractivity contribution in [2.75, 3.05) is 9.17 Å². The molecule has 2 aromatic rings. The SMILES string of the molecule is Cc1ccc(S[CH2][Ge]([CH2]Sc2ccc(C)cc2)([CH]2CCCCCC2)[CH]2CCCCCC2)cc1. The van der Waals surface area contributed by atoms with Crippen LogP contribution in [0.2, 0.25) is 9.50 Å². The fourth-order valence-electron chi connectivity index (χ4n) is 6.26. The predicted octanol–water partition coefficient (Wildman–Crippen LogP) is 10.2. The first-order chi connectivity index (χ1) is 16.2. The fraction of sp³-hybridized carbons (Fsp3) is 0.600. The van der Waals surface area contributed by atoms with E-state index in [1.54, 1.807) is 25.7 Å². The van der Waals surface area contributed by atoms with Crippen molar-refractivity contribution in [2.45, 2.75) is 110 Å². The molecule has 0 saturated heterocycles. The van der Waals surface area contributed by atoms with Crippen LogP contribution in [0.15, 0.2) is 58.3 Å². The second-order valence-corrected chi connectivity index (χ2v) is 25.1. The Bertz CT molecular complexity index is 742. The molecule has 2 aliphatic carbocycles. The van der Waals surface area contributed by atoms with Gasteiger partial charge in [-0.1, -0.05) is 0 Å². The van der Waals surface area contributed by atoms with Crippen molar-refractivity contribution in [1.29, 1.82) is 0 Å². The van der Waals surface area contributed by atoms with Crippen molar-refractivity contribution < 1.29 is 0 Å². The van der Waals surface area contributed by atoms with Gasteiger partial charge in [0.05, 0.1) is 0 Å². The van der Waals surface area contributed by atoms with Crippen LogP contribution in [0.3, 0.4) is 0 Å². The standard InChI is InChI=1S/C30H44GeS2/c1-25-15-19-29(20-16-25)32-23-31(27-11-7-3-4-8-12-27,28-13-9-5-6-10-14-28)24-33-30-21-17-26(2)18-22-30/h15-22,27-28H,3-14,23-24H2,1-2H3. The van der Waals surface area contributed by atoms with Crippen LogP contribution in [0, 0.1) is 13.8 Å². The van der Waals surface area contributed by atoms with Crippen molar-refractivity contribution >= 4 is 36.8 Å². The summed E-state index contributed by atoms with van der Waals surface area (Å²) in [5.74, 6) is 0. The number of benzene rings is 2. The average molecular weight is 541 g/mol. The van der Waals surface area contributed by atoms with Crippen LogP contribution in [0.1, 0.15) is 88.2 Å². The summed E-state index contributed by atoms with van der Waals surface area (Å²) in [5, 5.41) is 0. The van der Waals surface area contributed by atoms with E-state index in [0.717, 1.165) is 9.50 Å². The van der Waals surface area contributed by atoms with Gasteiger partial charge < -0.3 is 0 Å². The van der Waals surface area contributed by atoms with E-state index in [1.807, 2.05) is 0 Å². The van der Waals surface area contributed by atoms with E-state index in [9.17, 15) is 0 Å². The maximum atomic E-state index is 2.39. The minimum absolute atomic E-state index is 1.08. The molecule has 2 fully saturated rings. The van der Waals surface area contributed by atoms with Crippen LogP contribution < -0.4 is 0 Å². The van der Waals surface area contributed by atoms with Crippen molar-refractivity contribution in [1.82, 2.24) is 0 Å². The van der Waals surface area contributed by atoms with E-state index >= 15 is 0 Å². The topological polar surface area (TPSA) is 0 Å². The molecule has 2 saturated carbocycles. The second-order valence-electron chi connectivity index (χ2n) is 10.8. The summed E-state index contributed by atoms with van der Waals surface area (Å²) in [5.41, 5.74) is 2.77. The molecule has 3 heteroatoms. The number of thioether (sulfide) groups is 2. The summed E-state index contributed by atoms with van der Waals surface area (Å²) in [4.78, 5) is 3.02. The van der Waals surface area contributed by atoms with Gasteiger partial charge >= 0.3 is 216 Å². The van der Waals surface area contributed by atoms with E-state index in [4.69, 9.17) is 0 Å². The van der Waals surface area contributed by atoms with Gasteiger partial charge in [0.1, 0.15) is 0 Å². The Kier molecular flexibility index (Phi) is 10.2. The minimum atomic E-state index is -2.21. The van der Waals surface area contributed by atoms with Gasteiger partial charge in [-0.3, -0.25) is 0 Å². The Morgan fingerprint density at radius 3 is 1.21 bits per heavy atom. The molecule has 2 aromatic carbocycles. The predicted molar refractivity (Wildman–Crippen MR) is 152 cm³/mol. The Morgan fingerprint density at radius 2 is 0.879 bits per heavy atom. The molecule has 180 valence electrons. The van der Waals surface area contributed by atoms with Crippen LogP contribution in [0.5, 0.6) is 0 Å². The van der Waals surface area contributed by atoms with Gasteiger partial charge in [-0.15, -0.1) is 0 Å². The summed E-state index contributed by atoms with van der Waals surface area (Å²) in [6, 6.07) is 18.8. The zero-order valence-corrected chi connectivity index (χ0v) is 24.7. The Hall–Kier alpha value is -0.317. The van der Waals surface area contributed by atoms with Crippen molar-refractivity contribution in [3.63, 3.8) is 0 Å². The van der Waals surface area contributed by atoms with Crippen molar-refractivity contribution in [3.05, 3.63) is 59.7 Å². The molecule has 0 aliphatic heterocycles. The summed E-state index contributed by atoms with van der Waals surface area (Å²) >= 11 is 2.27. The zero-order valence-electron chi connectivity index (χ0n) is 21.0. The van der Waals surface area contributed by atoms with Crippen LogP contribution in [0.4, 0.5) is 0 Å². The molecule has 0 N–H and O–H groups in total. The first-order valence-electron chi connectivity index (χ1n) is 13.5.